The smallest absolute Gasteiger partial charge is 0.342 e. The minimum atomic E-state index is -4.46. The fraction of sp³-hybridized carbons (Fsp3) is 0.222. The van der Waals surface area contributed by atoms with E-state index in [1.165, 1.54) is 23.3 Å². The molecule has 4 rings (SSSR count). The molecule has 5 nitrogen and oxygen atoms in total. The number of hydrogen-bond donors (Lipinski definition) is 1. The molecule has 36 heavy (non-hydrogen) atoms. The van der Waals surface area contributed by atoms with Crippen molar-refractivity contribution in [1.29, 1.82) is 0 Å². The molecule has 0 bridgehead atoms. The highest BCUT2D eigenvalue weighted by Crippen LogP contribution is 2.30. The number of rotatable bonds is 7. The van der Waals surface area contributed by atoms with Crippen molar-refractivity contribution in [1.82, 2.24) is 20.1 Å². The molecule has 186 valence electrons. The van der Waals surface area contributed by atoms with E-state index in [2.05, 4.69) is 34.6 Å². The molecule has 0 radical (unpaired) electrons. The number of carbonyl (C=O) groups excluding carboxylic acids is 1. The molecule has 1 unspecified atom stereocenters. The molecular weight excluding hydrogens is 485 g/mol. The number of carbonyl (C=O) groups is 1. The number of nitrogens with one attached hydrogen (secondary N) is 1. The third kappa shape index (κ3) is 5.79. The number of aryl methyl sites for hydroxylation is 2. The van der Waals surface area contributed by atoms with Gasteiger partial charge in [-0.25, -0.2) is 0 Å². The highest BCUT2D eigenvalue weighted by molar-refractivity contribution is 7.98. The molecule has 4 aromatic rings. The van der Waals surface area contributed by atoms with E-state index < -0.39 is 23.7 Å². The second-order valence-corrected chi connectivity index (χ2v) is 9.44. The van der Waals surface area contributed by atoms with E-state index in [4.69, 9.17) is 0 Å². The molecule has 0 saturated carbocycles. The molecule has 1 amide bonds. The number of aromatic nitrogens is 3. The lowest BCUT2D eigenvalue weighted by Crippen LogP contribution is -2.28. The molecule has 9 heteroatoms. The summed E-state index contributed by atoms with van der Waals surface area (Å²) in [4.78, 5) is 12.8. The zero-order valence-electron chi connectivity index (χ0n) is 20.0. The minimum Gasteiger partial charge on any atom is -0.342 e. The summed E-state index contributed by atoms with van der Waals surface area (Å²) < 4.78 is 40.5. The maximum atomic E-state index is 12.9. The lowest BCUT2D eigenvalue weighted by molar-refractivity contribution is -0.137. The maximum Gasteiger partial charge on any atom is 0.416 e. The van der Waals surface area contributed by atoms with Crippen molar-refractivity contribution in [2.75, 3.05) is 0 Å². The van der Waals surface area contributed by atoms with Gasteiger partial charge in [-0.15, -0.1) is 10.2 Å². The second-order valence-electron chi connectivity index (χ2n) is 8.50. The molecule has 0 saturated heterocycles. The van der Waals surface area contributed by atoms with Gasteiger partial charge in [-0.05, 0) is 68.3 Å². The van der Waals surface area contributed by atoms with Crippen LogP contribution in [0.15, 0.2) is 78.0 Å². The first-order valence-corrected chi connectivity index (χ1v) is 12.3. The predicted molar refractivity (Wildman–Crippen MR) is 134 cm³/mol. The van der Waals surface area contributed by atoms with Crippen LogP contribution >= 0.6 is 11.8 Å². The van der Waals surface area contributed by atoms with E-state index in [-0.39, 0.29) is 5.56 Å². The van der Waals surface area contributed by atoms with Gasteiger partial charge in [-0.3, -0.25) is 9.36 Å². The average molecular weight is 511 g/mol. The first-order valence-electron chi connectivity index (χ1n) is 11.3. The molecule has 0 fully saturated rings. The van der Waals surface area contributed by atoms with Crippen LogP contribution in [0.3, 0.4) is 0 Å². The number of nitrogens with zero attached hydrogens (tertiary/aromatic N) is 3. The van der Waals surface area contributed by atoms with Gasteiger partial charge in [0, 0.05) is 17.0 Å². The fourth-order valence-corrected chi connectivity index (χ4v) is 4.70. The van der Waals surface area contributed by atoms with Gasteiger partial charge in [0.25, 0.3) is 5.91 Å². The van der Waals surface area contributed by atoms with Crippen molar-refractivity contribution in [3.8, 4) is 5.69 Å². The van der Waals surface area contributed by atoms with E-state index in [9.17, 15) is 18.0 Å². The van der Waals surface area contributed by atoms with Gasteiger partial charge in [-0.1, -0.05) is 53.7 Å². The number of benzene rings is 3. The summed E-state index contributed by atoms with van der Waals surface area (Å²) >= 11 is 1.54. The lowest BCUT2D eigenvalue weighted by atomic mass is 10.1. The van der Waals surface area contributed by atoms with Gasteiger partial charge in [0.05, 0.1) is 11.6 Å². The van der Waals surface area contributed by atoms with E-state index in [1.807, 2.05) is 47.9 Å². The van der Waals surface area contributed by atoms with Crippen molar-refractivity contribution in [2.45, 2.75) is 43.9 Å². The zero-order chi connectivity index (χ0) is 25.9. The second kappa shape index (κ2) is 10.6. The van der Waals surface area contributed by atoms with Crippen LogP contribution in [0, 0.1) is 13.8 Å². The Hall–Kier alpha value is -3.59. The Balaban J connectivity index is 1.59. The summed E-state index contributed by atoms with van der Waals surface area (Å²) in [7, 11) is 0. The molecule has 0 aliphatic carbocycles. The van der Waals surface area contributed by atoms with Crippen LogP contribution in [0.2, 0.25) is 0 Å². The predicted octanol–water partition coefficient (Wildman–Crippen LogP) is 6.69. The van der Waals surface area contributed by atoms with E-state index >= 15 is 0 Å². The van der Waals surface area contributed by atoms with Crippen LogP contribution in [0.4, 0.5) is 13.2 Å². The first kappa shape index (κ1) is 25.5. The topological polar surface area (TPSA) is 59.8 Å². The van der Waals surface area contributed by atoms with Gasteiger partial charge in [0.1, 0.15) is 0 Å². The van der Waals surface area contributed by atoms with Crippen molar-refractivity contribution in [3.63, 3.8) is 0 Å². The summed E-state index contributed by atoms with van der Waals surface area (Å²) in [6.07, 6.45) is -4.46. The first-order chi connectivity index (χ1) is 17.1. The highest BCUT2D eigenvalue weighted by atomic mass is 32.2. The van der Waals surface area contributed by atoms with Gasteiger partial charge >= 0.3 is 6.18 Å². The van der Waals surface area contributed by atoms with Crippen LogP contribution in [0.1, 0.15) is 51.4 Å². The van der Waals surface area contributed by atoms with Crippen LogP contribution in [0.5, 0.6) is 0 Å². The Morgan fingerprint density at radius 3 is 2.28 bits per heavy atom. The Labute approximate surface area is 211 Å². The Kier molecular flexibility index (Phi) is 7.49. The van der Waals surface area contributed by atoms with E-state index in [0.717, 1.165) is 23.4 Å². The molecule has 3 aromatic carbocycles. The molecule has 0 spiro atoms. The quantitative estimate of drug-likeness (QED) is 0.282. The van der Waals surface area contributed by atoms with Gasteiger partial charge in [0.15, 0.2) is 11.0 Å². The monoisotopic (exact) mass is 510 g/mol. The SMILES string of the molecule is Cc1ccc(-n2c(SCc3ccccc3C)nnc2C(C)NC(=O)c2ccc(C(F)(F)F)cc2)cc1. The van der Waals surface area contributed by atoms with Crippen molar-refractivity contribution >= 4 is 17.7 Å². The summed E-state index contributed by atoms with van der Waals surface area (Å²) in [6.45, 7) is 5.83. The highest BCUT2D eigenvalue weighted by Gasteiger charge is 2.30. The Bertz CT molecular complexity index is 1350. The maximum absolute atomic E-state index is 12.9. The zero-order valence-corrected chi connectivity index (χ0v) is 20.8. The number of amides is 1. The molecule has 1 atom stereocenters. The van der Waals surface area contributed by atoms with Gasteiger partial charge < -0.3 is 5.32 Å². The summed E-state index contributed by atoms with van der Waals surface area (Å²) in [6, 6.07) is 19.6. The van der Waals surface area contributed by atoms with Crippen molar-refractivity contribution in [3.05, 3.63) is 106 Å². The number of thioether (sulfide) groups is 1. The molecule has 0 aliphatic rings. The Morgan fingerprint density at radius 1 is 0.972 bits per heavy atom. The fourth-order valence-electron chi connectivity index (χ4n) is 3.66. The van der Waals surface area contributed by atoms with E-state index in [1.54, 1.807) is 18.7 Å². The lowest BCUT2D eigenvalue weighted by Gasteiger charge is -2.17. The normalized spacial score (nSPS) is 12.4. The third-order valence-electron chi connectivity index (χ3n) is 5.78. The summed E-state index contributed by atoms with van der Waals surface area (Å²) in [5.74, 6) is 0.721. The Morgan fingerprint density at radius 2 is 1.64 bits per heavy atom. The number of hydrogen-bond acceptors (Lipinski definition) is 4. The van der Waals surface area contributed by atoms with Gasteiger partial charge in [0.2, 0.25) is 0 Å². The van der Waals surface area contributed by atoms with Crippen LogP contribution in [0.25, 0.3) is 5.69 Å². The number of alkyl halides is 3. The molecule has 1 heterocycles. The summed E-state index contributed by atoms with van der Waals surface area (Å²) in [5, 5.41) is 12.3. The summed E-state index contributed by atoms with van der Waals surface area (Å²) in [5.41, 5.74) is 3.65. The van der Waals surface area contributed by atoms with Crippen LogP contribution < -0.4 is 5.32 Å². The van der Waals surface area contributed by atoms with Crippen molar-refractivity contribution < 1.29 is 18.0 Å². The van der Waals surface area contributed by atoms with Crippen LogP contribution in [-0.4, -0.2) is 20.7 Å². The van der Waals surface area contributed by atoms with Crippen LogP contribution in [-0.2, 0) is 11.9 Å². The molecular formula is C27H25F3N4OS. The van der Waals surface area contributed by atoms with Crippen molar-refractivity contribution in [2.24, 2.45) is 0 Å². The molecule has 0 aliphatic heterocycles. The largest absolute Gasteiger partial charge is 0.416 e. The minimum absolute atomic E-state index is 0.130. The molecule has 1 N–H and O–H groups in total. The van der Waals surface area contributed by atoms with E-state index in [0.29, 0.717) is 16.7 Å². The third-order valence-corrected chi connectivity index (χ3v) is 6.76. The molecule has 1 aromatic heterocycles. The van der Waals surface area contributed by atoms with Gasteiger partial charge in [-0.2, -0.15) is 13.2 Å². The standard InChI is InChI=1S/C27H25F3N4OS/c1-17-8-14-23(15-9-17)34-24(32-33-26(34)36-16-21-7-5-4-6-18(21)2)19(3)31-25(35)20-10-12-22(13-11-20)27(28,29)30/h4-15,19H,16H2,1-3H3,(H,31,35). The number of halogens is 3. The average Bonchev–Trinajstić information content (AvgIpc) is 3.27.